The van der Waals surface area contributed by atoms with Gasteiger partial charge in [-0.15, -0.1) is 0 Å². The summed E-state index contributed by atoms with van der Waals surface area (Å²) in [6, 6.07) is 4.42. The van der Waals surface area contributed by atoms with Gasteiger partial charge in [0.25, 0.3) is 0 Å². The highest BCUT2D eigenvalue weighted by Gasteiger charge is 2.24. The maximum atomic E-state index is 12.1. The molecule has 1 aliphatic rings. The summed E-state index contributed by atoms with van der Waals surface area (Å²) in [5.74, 6) is 0.203. The van der Waals surface area contributed by atoms with Crippen molar-refractivity contribution < 1.29 is 9.53 Å². The monoisotopic (exact) mass is 305 g/mol. The minimum atomic E-state index is 0.185. The van der Waals surface area contributed by atoms with Crippen LogP contribution in [0.2, 0.25) is 0 Å². The Morgan fingerprint density at radius 2 is 2.00 bits per heavy atom. The van der Waals surface area contributed by atoms with E-state index in [1.165, 1.54) is 5.56 Å². The lowest BCUT2D eigenvalue weighted by Crippen LogP contribution is -2.49. The lowest BCUT2D eigenvalue weighted by atomic mass is 10.1. The molecule has 1 atom stereocenters. The first-order chi connectivity index (χ1) is 10.6. The molecule has 0 saturated carbocycles. The van der Waals surface area contributed by atoms with E-state index in [2.05, 4.69) is 22.9 Å². The van der Waals surface area contributed by atoms with E-state index < -0.39 is 0 Å². The molecule has 0 N–H and O–H groups in total. The van der Waals surface area contributed by atoms with Crippen molar-refractivity contribution in [1.82, 2.24) is 14.8 Å². The van der Waals surface area contributed by atoms with Gasteiger partial charge in [-0.3, -0.25) is 14.7 Å². The third kappa shape index (κ3) is 4.78. The summed E-state index contributed by atoms with van der Waals surface area (Å²) >= 11 is 0. The number of carbonyl (C=O) groups excluding carboxylic acids is 1. The van der Waals surface area contributed by atoms with Gasteiger partial charge in [0.2, 0.25) is 5.91 Å². The molecule has 0 spiro atoms. The Kier molecular flexibility index (Phi) is 6.34. The van der Waals surface area contributed by atoms with Gasteiger partial charge in [0.15, 0.2) is 0 Å². The predicted octanol–water partition coefficient (Wildman–Crippen LogP) is 2.10. The SMILES string of the molecule is CC(C)OCCC(=O)N1CCN(C(C)c2cccnc2)CC1. The Balaban J connectivity index is 1.77. The maximum absolute atomic E-state index is 12.1. The van der Waals surface area contributed by atoms with Gasteiger partial charge >= 0.3 is 0 Å². The number of carbonyl (C=O) groups is 1. The second kappa shape index (κ2) is 8.25. The topological polar surface area (TPSA) is 45.7 Å². The summed E-state index contributed by atoms with van der Waals surface area (Å²) in [6.07, 6.45) is 4.39. The molecule has 122 valence electrons. The molecule has 0 aromatic carbocycles. The van der Waals surface area contributed by atoms with E-state index >= 15 is 0 Å². The molecule has 1 aromatic rings. The minimum absolute atomic E-state index is 0.185. The maximum Gasteiger partial charge on any atom is 0.224 e. The number of nitrogens with zero attached hydrogens (tertiary/aromatic N) is 3. The molecule has 22 heavy (non-hydrogen) atoms. The minimum Gasteiger partial charge on any atom is -0.378 e. The molecule has 0 radical (unpaired) electrons. The van der Waals surface area contributed by atoms with Gasteiger partial charge in [-0.1, -0.05) is 6.07 Å². The van der Waals surface area contributed by atoms with Gasteiger partial charge in [0, 0.05) is 44.6 Å². The van der Waals surface area contributed by atoms with Crippen molar-refractivity contribution in [2.45, 2.75) is 39.3 Å². The summed E-state index contributed by atoms with van der Waals surface area (Å²) in [5.41, 5.74) is 1.23. The molecule has 5 heteroatoms. The van der Waals surface area contributed by atoms with Crippen molar-refractivity contribution in [2.75, 3.05) is 32.8 Å². The smallest absolute Gasteiger partial charge is 0.224 e. The number of ether oxygens (including phenoxy) is 1. The Morgan fingerprint density at radius 1 is 1.27 bits per heavy atom. The van der Waals surface area contributed by atoms with E-state index in [-0.39, 0.29) is 12.0 Å². The molecule has 1 amide bonds. The highest BCUT2D eigenvalue weighted by Crippen LogP contribution is 2.20. The fraction of sp³-hybridized carbons (Fsp3) is 0.647. The zero-order valence-electron chi connectivity index (χ0n) is 13.9. The summed E-state index contributed by atoms with van der Waals surface area (Å²) in [7, 11) is 0. The number of piperazine rings is 1. The molecule has 1 aliphatic heterocycles. The van der Waals surface area contributed by atoms with Crippen LogP contribution >= 0.6 is 0 Å². The van der Waals surface area contributed by atoms with Crippen LogP contribution in [0.1, 0.15) is 38.8 Å². The van der Waals surface area contributed by atoms with Gasteiger partial charge in [0.1, 0.15) is 0 Å². The van der Waals surface area contributed by atoms with E-state index in [4.69, 9.17) is 4.74 Å². The zero-order chi connectivity index (χ0) is 15.9. The fourth-order valence-electron chi connectivity index (χ4n) is 2.73. The lowest BCUT2D eigenvalue weighted by Gasteiger charge is -2.38. The number of hydrogen-bond acceptors (Lipinski definition) is 4. The van der Waals surface area contributed by atoms with E-state index in [9.17, 15) is 4.79 Å². The van der Waals surface area contributed by atoms with Crippen molar-refractivity contribution >= 4 is 5.91 Å². The van der Waals surface area contributed by atoms with Gasteiger partial charge < -0.3 is 9.64 Å². The molecule has 1 saturated heterocycles. The Bertz CT molecular complexity index is 456. The molecule has 2 rings (SSSR count). The van der Waals surface area contributed by atoms with Crippen molar-refractivity contribution in [3.63, 3.8) is 0 Å². The van der Waals surface area contributed by atoms with Crippen molar-refractivity contribution in [2.24, 2.45) is 0 Å². The van der Waals surface area contributed by atoms with Gasteiger partial charge in [-0.25, -0.2) is 0 Å². The van der Waals surface area contributed by atoms with E-state index in [1.807, 2.05) is 31.0 Å². The van der Waals surface area contributed by atoms with E-state index in [0.29, 0.717) is 19.1 Å². The second-order valence-corrected chi connectivity index (χ2v) is 6.05. The molecule has 1 aromatic heterocycles. The average molecular weight is 305 g/mol. The van der Waals surface area contributed by atoms with Crippen LogP contribution in [-0.4, -0.2) is 59.6 Å². The molecular weight excluding hydrogens is 278 g/mol. The largest absolute Gasteiger partial charge is 0.378 e. The van der Waals surface area contributed by atoms with Gasteiger partial charge in [-0.05, 0) is 32.4 Å². The van der Waals surface area contributed by atoms with Crippen molar-refractivity contribution in [3.05, 3.63) is 30.1 Å². The van der Waals surface area contributed by atoms with Crippen LogP contribution in [0.3, 0.4) is 0 Å². The number of aromatic nitrogens is 1. The number of pyridine rings is 1. The molecule has 0 aliphatic carbocycles. The van der Waals surface area contributed by atoms with Crippen molar-refractivity contribution in [1.29, 1.82) is 0 Å². The van der Waals surface area contributed by atoms with Crippen LogP contribution in [0, 0.1) is 0 Å². The van der Waals surface area contributed by atoms with Crippen LogP contribution in [0.5, 0.6) is 0 Å². The van der Waals surface area contributed by atoms with E-state index in [0.717, 1.165) is 26.2 Å². The highest BCUT2D eigenvalue weighted by molar-refractivity contribution is 5.76. The van der Waals surface area contributed by atoms with Crippen LogP contribution in [0.15, 0.2) is 24.5 Å². The van der Waals surface area contributed by atoms with Crippen LogP contribution in [-0.2, 0) is 9.53 Å². The third-order valence-electron chi connectivity index (χ3n) is 4.15. The summed E-state index contributed by atoms with van der Waals surface area (Å²) in [4.78, 5) is 20.7. The Labute approximate surface area is 133 Å². The lowest BCUT2D eigenvalue weighted by molar-refractivity contribution is -0.134. The standard InChI is InChI=1S/C17H27N3O2/c1-14(2)22-12-6-17(21)20-10-8-19(9-11-20)15(3)16-5-4-7-18-13-16/h4-5,7,13-15H,6,8-12H2,1-3H3. The number of rotatable bonds is 6. The van der Waals surface area contributed by atoms with E-state index in [1.54, 1.807) is 6.20 Å². The fourth-order valence-corrected chi connectivity index (χ4v) is 2.73. The molecular formula is C17H27N3O2. The number of amides is 1. The first-order valence-corrected chi connectivity index (χ1v) is 8.11. The first-order valence-electron chi connectivity index (χ1n) is 8.11. The highest BCUT2D eigenvalue weighted by atomic mass is 16.5. The summed E-state index contributed by atoms with van der Waals surface area (Å²) in [6.45, 7) is 10.1. The number of hydrogen-bond donors (Lipinski definition) is 0. The Morgan fingerprint density at radius 3 is 2.59 bits per heavy atom. The van der Waals surface area contributed by atoms with Crippen LogP contribution in [0.4, 0.5) is 0 Å². The Hall–Kier alpha value is -1.46. The molecule has 0 bridgehead atoms. The summed E-state index contributed by atoms with van der Waals surface area (Å²) < 4.78 is 5.46. The molecule has 5 nitrogen and oxygen atoms in total. The predicted molar refractivity (Wildman–Crippen MR) is 86.5 cm³/mol. The van der Waals surface area contributed by atoms with Gasteiger partial charge in [0.05, 0.1) is 19.1 Å². The molecule has 1 unspecified atom stereocenters. The summed E-state index contributed by atoms with van der Waals surface area (Å²) in [5, 5.41) is 0. The van der Waals surface area contributed by atoms with Crippen LogP contribution < -0.4 is 0 Å². The normalized spacial score (nSPS) is 17.7. The molecule has 1 fully saturated rings. The third-order valence-corrected chi connectivity index (χ3v) is 4.15. The first kappa shape index (κ1) is 16.9. The average Bonchev–Trinajstić information content (AvgIpc) is 2.54. The van der Waals surface area contributed by atoms with Crippen molar-refractivity contribution in [3.8, 4) is 0 Å². The molecule has 2 heterocycles. The quantitative estimate of drug-likeness (QED) is 0.807. The second-order valence-electron chi connectivity index (χ2n) is 6.05. The zero-order valence-corrected chi connectivity index (χ0v) is 13.9. The van der Waals surface area contributed by atoms with Crippen LogP contribution in [0.25, 0.3) is 0 Å². The van der Waals surface area contributed by atoms with Gasteiger partial charge in [-0.2, -0.15) is 0 Å².